The van der Waals surface area contributed by atoms with Gasteiger partial charge in [0.15, 0.2) is 5.72 Å². The zero-order valence-corrected chi connectivity index (χ0v) is 16.9. The fraction of sp³-hybridized carbons (Fsp3) is 0.600. The third kappa shape index (κ3) is 5.54. The van der Waals surface area contributed by atoms with Crippen LogP contribution in [0.5, 0.6) is 0 Å². The van der Waals surface area contributed by atoms with Gasteiger partial charge in [-0.05, 0) is 11.5 Å². The molecule has 1 aromatic carbocycles. The van der Waals surface area contributed by atoms with Gasteiger partial charge in [-0.25, -0.2) is 4.79 Å². The number of carboxylic acids is 1. The molecule has 6 atom stereocenters. The van der Waals surface area contributed by atoms with Crippen LogP contribution in [0.15, 0.2) is 30.3 Å². The van der Waals surface area contributed by atoms with E-state index in [0.717, 1.165) is 5.56 Å². The van der Waals surface area contributed by atoms with Gasteiger partial charge in [-0.3, -0.25) is 10.1 Å². The number of carbonyl (C=O) groups excluding carboxylic acids is 1. The van der Waals surface area contributed by atoms with E-state index in [2.05, 4.69) is 10.6 Å². The van der Waals surface area contributed by atoms with Crippen LogP contribution in [0.2, 0.25) is 0 Å². The van der Waals surface area contributed by atoms with Crippen molar-refractivity contribution in [2.24, 2.45) is 5.92 Å². The molecular formula is C20H30N2O8. The van der Waals surface area contributed by atoms with E-state index in [-0.39, 0.29) is 18.9 Å². The number of ether oxygens (including phenoxy) is 1. The van der Waals surface area contributed by atoms with Crippen LogP contribution in [-0.4, -0.2) is 86.7 Å². The highest BCUT2D eigenvalue weighted by Gasteiger charge is 2.51. The lowest BCUT2D eigenvalue weighted by atomic mass is 9.92. The summed E-state index contributed by atoms with van der Waals surface area (Å²) in [6.07, 6.45) is -4.60. The van der Waals surface area contributed by atoms with E-state index in [0.29, 0.717) is 0 Å². The first-order chi connectivity index (χ1) is 14.1. The van der Waals surface area contributed by atoms with E-state index in [9.17, 15) is 35.1 Å². The number of hydrogen-bond donors (Lipinski definition) is 7. The molecule has 1 saturated heterocycles. The fourth-order valence-electron chi connectivity index (χ4n) is 3.33. The van der Waals surface area contributed by atoms with Crippen LogP contribution in [0.4, 0.5) is 0 Å². The molecule has 30 heavy (non-hydrogen) atoms. The van der Waals surface area contributed by atoms with Crippen LogP contribution in [-0.2, 0) is 20.7 Å². The maximum absolute atomic E-state index is 12.9. The van der Waals surface area contributed by atoms with Gasteiger partial charge in [0.2, 0.25) is 5.91 Å². The zero-order chi connectivity index (χ0) is 22.5. The van der Waals surface area contributed by atoms with Crippen molar-refractivity contribution in [3.05, 3.63) is 35.9 Å². The third-order valence-electron chi connectivity index (χ3n) is 5.19. The van der Waals surface area contributed by atoms with Crippen LogP contribution in [0.3, 0.4) is 0 Å². The Morgan fingerprint density at radius 2 is 1.83 bits per heavy atom. The second kappa shape index (κ2) is 10.3. The normalized spacial score (nSPS) is 28.7. The molecule has 0 saturated carbocycles. The maximum Gasteiger partial charge on any atom is 0.326 e. The Hall–Kier alpha value is -2.08. The van der Waals surface area contributed by atoms with Crippen LogP contribution < -0.4 is 10.6 Å². The largest absolute Gasteiger partial charge is 0.480 e. The average molecular weight is 426 g/mol. The lowest BCUT2D eigenvalue weighted by Gasteiger charge is -2.46. The summed E-state index contributed by atoms with van der Waals surface area (Å²) in [6, 6.07) is 6.57. The van der Waals surface area contributed by atoms with Gasteiger partial charge in [0.1, 0.15) is 24.4 Å². The molecule has 0 aliphatic carbocycles. The molecule has 1 amide bonds. The minimum atomic E-state index is -1.90. The molecule has 1 fully saturated rings. The number of rotatable bonds is 9. The zero-order valence-electron chi connectivity index (χ0n) is 16.9. The van der Waals surface area contributed by atoms with Crippen molar-refractivity contribution in [1.29, 1.82) is 0 Å². The smallest absolute Gasteiger partial charge is 0.326 e. The molecule has 0 spiro atoms. The predicted octanol–water partition coefficient (Wildman–Crippen LogP) is -1.79. The van der Waals surface area contributed by atoms with Crippen molar-refractivity contribution in [2.45, 2.75) is 56.4 Å². The quantitative estimate of drug-likeness (QED) is 0.241. The Morgan fingerprint density at radius 3 is 2.37 bits per heavy atom. The molecule has 0 unspecified atom stereocenters. The van der Waals surface area contributed by atoms with Gasteiger partial charge in [0, 0.05) is 6.42 Å². The summed E-state index contributed by atoms with van der Waals surface area (Å²) in [5, 5.41) is 54.6. The van der Waals surface area contributed by atoms with Crippen LogP contribution in [0.1, 0.15) is 19.4 Å². The summed E-state index contributed by atoms with van der Waals surface area (Å²) in [6.45, 7) is 2.22. The first kappa shape index (κ1) is 24.2. The van der Waals surface area contributed by atoms with E-state index in [1.54, 1.807) is 44.2 Å². The Morgan fingerprint density at radius 1 is 1.20 bits per heavy atom. The Kier molecular flexibility index (Phi) is 8.30. The van der Waals surface area contributed by atoms with Crippen molar-refractivity contribution < 1.29 is 39.9 Å². The summed E-state index contributed by atoms with van der Waals surface area (Å²) >= 11 is 0. The lowest BCUT2D eigenvalue weighted by Crippen LogP contribution is -2.72. The fourth-order valence-corrected chi connectivity index (χ4v) is 3.33. The second-order valence-electron chi connectivity index (χ2n) is 7.82. The minimum absolute atomic E-state index is 0.0713. The summed E-state index contributed by atoms with van der Waals surface area (Å²) in [5.74, 6) is -2.27. The van der Waals surface area contributed by atoms with Crippen molar-refractivity contribution in [1.82, 2.24) is 10.6 Å². The third-order valence-corrected chi connectivity index (χ3v) is 5.19. The highest BCUT2D eigenvalue weighted by atomic mass is 16.6. The molecule has 2 rings (SSSR count). The molecular weight excluding hydrogens is 396 g/mol. The number of aliphatic hydroxyl groups is 4. The number of carbonyl (C=O) groups is 2. The van der Waals surface area contributed by atoms with Gasteiger partial charge in [-0.15, -0.1) is 0 Å². The molecule has 0 aromatic heterocycles. The number of hydrogen-bond acceptors (Lipinski definition) is 8. The first-order valence-corrected chi connectivity index (χ1v) is 9.75. The van der Waals surface area contributed by atoms with Crippen LogP contribution in [0, 0.1) is 5.92 Å². The molecule has 10 heteroatoms. The summed E-state index contributed by atoms with van der Waals surface area (Å²) in [5.41, 5.74) is -1.17. The van der Waals surface area contributed by atoms with E-state index in [1.807, 2.05) is 0 Å². The monoisotopic (exact) mass is 426 g/mol. The summed E-state index contributed by atoms with van der Waals surface area (Å²) in [4.78, 5) is 24.6. The van der Waals surface area contributed by atoms with Gasteiger partial charge in [0.25, 0.3) is 0 Å². The van der Waals surface area contributed by atoms with Gasteiger partial charge >= 0.3 is 5.97 Å². The molecule has 1 aliphatic rings. The second-order valence-corrected chi connectivity index (χ2v) is 7.82. The number of carboxylic acid groups (broad SMARTS) is 1. The standard InChI is InChI=1S/C20H30N2O8/c1-11(2)15(22-20(10-23)17(26)16(25)14(24)9-30-20)18(27)21-13(19(28)29)8-12-6-4-3-5-7-12/h3-7,11,13-17,22-26H,8-10H2,1-2H3,(H,21,27)(H,28,29)/t13-,14-,15-,16-,17+,20-/m0/s1. The van der Waals surface area contributed by atoms with Crippen molar-refractivity contribution >= 4 is 11.9 Å². The minimum Gasteiger partial charge on any atom is -0.480 e. The molecule has 0 bridgehead atoms. The van der Waals surface area contributed by atoms with Gasteiger partial charge in [-0.2, -0.15) is 0 Å². The Balaban J connectivity index is 2.17. The van der Waals surface area contributed by atoms with E-state index in [1.165, 1.54) is 0 Å². The Bertz CT molecular complexity index is 716. The van der Waals surface area contributed by atoms with Crippen molar-refractivity contribution in [3.63, 3.8) is 0 Å². The molecule has 1 aromatic rings. The average Bonchev–Trinajstić information content (AvgIpc) is 2.72. The molecule has 168 valence electrons. The Labute approximate surface area is 174 Å². The number of benzene rings is 1. The number of aliphatic hydroxyl groups excluding tert-OH is 4. The number of amides is 1. The van der Waals surface area contributed by atoms with Gasteiger partial charge < -0.3 is 35.6 Å². The number of aliphatic carboxylic acids is 1. The van der Waals surface area contributed by atoms with E-state index < -0.39 is 54.6 Å². The molecule has 1 aliphatic heterocycles. The molecule has 0 radical (unpaired) electrons. The molecule has 1 heterocycles. The lowest BCUT2D eigenvalue weighted by molar-refractivity contribution is -0.261. The highest BCUT2D eigenvalue weighted by Crippen LogP contribution is 2.25. The van der Waals surface area contributed by atoms with E-state index >= 15 is 0 Å². The SMILES string of the molecule is CC(C)[C@H](N[C@@]1(CO)OC[C@H](O)[C@H](O)[C@H]1O)C(=O)N[C@@H](Cc1ccccc1)C(=O)O. The summed E-state index contributed by atoms with van der Waals surface area (Å²) < 4.78 is 5.37. The van der Waals surface area contributed by atoms with Gasteiger partial charge in [-0.1, -0.05) is 44.2 Å². The molecule has 7 N–H and O–H groups in total. The molecule has 10 nitrogen and oxygen atoms in total. The number of nitrogens with one attached hydrogen (secondary N) is 2. The van der Waals surface area contributed by atoms with E-state index in [4.69, 9.17) is 4.74 Å². The van der Waals surface area contributed by atoms with Crippen LogP contribution in [0.25, 0.3) is 0 Å². The summed E-state index contributed by atoms with van der Waals surface area (Å²) in [7, 11) is 0. The predicted molar refractivity (Wildman–Crippen MR) is 105 cm³/mol. The first-order valence-electron chi connectivity index (χ1n) is 9.75. The maximum atomic E-state index is 12.9. The highest BCUT2D eigenvalue weighted by molar-refractivity contribution is 5.87. The van der Waals surface area contributed by atoms with Gasteiger partial charge in [0.05, 0.1) is 19.3 Å². The van der Waals surface area contributed by atoms with Crippen molar-refractivity contribution in [2.75, 3.05) is 13.2 Å². The topological polar surface area (TPSA) is 169 Å². The van der Waals surface area contributed by atoms with Crippen molar-refractivity contribution in [3.8, 4) is 0 Å². The van der Waals surface area contributed by atoms with Crippen LogP contribution >= 0.6 is 0 Å².